The maximum Gasteiger partial charge on any atom is 0.192 e. The van der Waals surface area contributed by atoms with Crippen LogP contribution in [0.1, 0.15) is 6.92 Å². The van der Waals surface area contributed by atoms with Gasteiger partial charge in [-0.2, -0.15) is 5.10 Å². The molecule has 0 saturated carbocycles. The van der Waals surface area contributed by atoms with Gasteiger partial charge in [-0.05, 0) is 0 Å². The number of hydrogen-bond acceptors (Lipinski definition) is 2. The number of hydrogen-bond donors (Lipinski definition) is 1. The van der Waals surface area contributed by atoms with Crippen LogP contribution < -0.4 is 5.43 Å². The molecule has 2 nitrogen and oxygen atoms in total. The first-order chi connectivity index (χ1) is 3.30. The third-order valence-corrected chi connectivity index (χ3v) is 0.969. The largest absolute Gasteiger partial charge is 0.277 e. The second kappa shape index (κ2) is 1.48. The summed E-state index contributed by atoms with van der Waals surface area (Å²) in [7, 11) is 0. The minimum atomic E-state index is -0.958. The maximum atomic E-state index is 12.1. The van der Waals surface area contributed by atoms with Gasteiger partial charge < -0.3 is 0 Å². The van der Waals surface area contributed by atoms with Crippen LogP contribution >= 0.6 is 0 Å². The van der Waals surface area contributed by atoms with Crippen molar-refractivity contribution in [3.05, 3.63) is 0 Å². The molecular formula is C4H7FN2. The van der Waals surface area contributed by atoms with Gasteiger partial charge in [-0.15, -0.1) is 0 Å². The van der Waals surface area contributed by atoms with Crippen LogP contribution in [0.4, 0.5) is 4.39 Å². The van der Waals surface area contributed by atoms with Gasteiger partial charge in [0.05, 0.1) is 0 Å². The van der Waals surface area contributed by atoms with Crippen LogP contribution in [-0.4, -0.2) is 12.5 Å². The second-order valence-electron chi connectivity index (χ2n) is 1.67. The molecule has 1 heterocycles. The summed E-state index contributed by atoms with van der Waals surface area (Å²) in [5.41, 5.74) is 2.27. The normalized spacial score (nSPS) is 38.6. The number of nitrogens with zero attached hydrogens (tertiary/aromatic N) is 1. The summed E-state index contributed by atoms with van der Waals surface area (Å²) in [5, 5.41) is 3.50. The molecule has 0 aromatic heterocycles. The minimum absolute atomic E-state index is 0.0556. The predicted molar refractivity (Wildman–Crippen MR) is 25.7 cm³/mol. The zero-order chi connectivity index (χ0) is 5.28. The van der Waals surface area contributed by atoms with E-state index in [2.05, 4.69) is 10.5 Å². The summed E-state index contributed by atoms with van der Waals surface area (Å²) in [6.07, 6.45) is 0.602. The molecule has 40 valence electrons. The molecule has 1 rings (SSSR count). The van der Waals surface area contributed by atoms with Gasteiger partial charge in [-0.3, -0.25) is 5.43 Å². The molecule has 7 heavy (non-hydrogen) atoms. The van der Waals surface area contributed by atoms with Crippen LogP contribution in [0.2, 0.25) is 0 Å². The molecular weight excluding hydrogens is 95.1 g/mol. The van der Waals surface area contributed by atoms with E-state index in [1.54, 1.807) is 13.1 Å². The summed E-state index contributed by atoms with van der Waals surface area (Å²) in [4.78, 5) is 0. The molecule has 0 amide bonds. The van der Waals surface area contributed by atoms with Crippen LogP contribution in [0.25, 0.3) is 0 Å². The first-order valence-corrected chi connectivity index (χ1v) is 2.23. The van der Waals surface area contributed by atoms with Crippen LogP contribution in [0, 0.1) is 5.92 Å². The highest BCUT2D eigenvalue weighted by Gasteiger charge is 2.16. The fourth-order valence-electron chi connectivity index (χ4n) is 0.425. The Labute approximate surface area is 41.4 Å². The lowest BCUT2D eigenvalue weighted by atomic mass is 10.2. The van der Waals surface area contributed by atoms with Crippen molar-refractivity contribution in [3.8, 4) is 0 Å². The molecule has 0 bridgehead atoms. The SMILES string of the molecule is CC1C=NNC1F. The van der Waals surface area contributed by atoms with E-state index in [0.29, 0.717) is 0 Å². The van der Waals surface area contributed by atoms with E-state index in [1.807, 2.05) is 0 Å². The highest BCUT2D eigenvalue weighted by Crippen LogP contribution is 2.05. The van der Waals surface area contributed by atoms with Gasteiger partial charge in [-0.1, -0.05) is 6.92 Å². The van der Waals surface area contributed by atoms with Gasteiger partial charge in [0.1, 0.15) is 0 Å². The maximum absolute atomic E-state index is 12.1. The van der Waals surface area contributed by atoms with Crippen molar-refractivity contribution in [2.24, 2.45) is 11.0 Å². The Kier molecular flexibility index (Phi) is 0.964. The van der Waals surface area contributed by atoms with Crippen LogP contribution in [-0.2, 0) is 0 Å². The molecule has 1 aliphatic rings. The lowest BCUT2D eigenvalue weighted by molar-refractivity contribution is 0.258. The molecule has 0 aromatic carbocycles. The standard InChI is InChI=1S/C4H7FN2/c1-3-2-6-7-4(3)5/h2-4,7H,1H3. The van der Waals surface area contributed by atoms with Crippen LogP contribution in [0.3, 0.4) is 0 Å². The van der Waals surface area contributed by atoms with Gasteiger partial charge >= 0.3 is 0 Å². The molecule has 1 N–H and O–H groups in total. The predicted octanol–water partition coefficient (Wildman–Crippen LogP) is 0.507. The average Bonchev–Trinajstić information content (AvgIpc) is 1.91. The van der Waals surface area contributed by atoms with E-state index in [4.69, 9.17) is 0 Å². The monoisotopic (exact) mass is 102 g/mol. The highest BCUT2D eigenvalue weighted by atomic mass is 19.1. The Morgan fingerprint density at radius 1 is 1.86 bits per heavy atom. The molecule has 0 aromatic rings. The first-order valence-electron chi connectivity index (χ1n) is 2.23. The third-order valence-electron chi connectivity index (χ3n) is 0.969. The smallest absolute Gasteiger partial charge is 0.192 e. The van der Waals surface area contributed by atoms with E-state index in [9.17, 15) is 4.39 Å². The van der Waals surface area contributed by atoms with Gasteiger partial charge in [0, 0.05) is 12.1 Å². The molecule has 1 aliphatic heterocycles. The molecule has 0 radical (unpaired) electrons. The Morgan fingerprint density at radius 3 is 2.71 bits per heavy atom. The third kappa shape index (κ3) is 0.706. The summed E-state index contributed by atoms with van der Waals surface area (Å²) < 4.78 is 12.1. The zero-order valence-corrected chi connectivity index (χ0v) is 4.06. The molecule has 0 fully saturated rings. The second-order valence-corrected chi connectivity index (χ2v) is 1.67. The van der Waals surface area contributed by atoms with E-state index in [-0.39, 0.29) is 5.92 Å². The summed E-state index contributed by atoms with van der Waals surface area (Å²) >= 11 is 0. The van der Waals surface area contributed by atoms with Crippen LogP contribution in [0.15, 0.2) is 5.10 Å². The lowest BCUT2D eigenvalue weighted by Gasteiger charge is -1.99. The van der Waals surface area contributed by atoms with Gasteiger partial charge in [-0.25, -0.2) is 4.39 Å². The Balaban J connectivity index is 2.45. The fourth-order valence-corrected chi connectivity index (χ4v) is 0.425. The molecule has 0 spiro atoms. The summed E-state index contributed by atoms with van der Waals surface area (Å²) in [6, 6.07) is 0. The fraction of sp³-hybridized carbons (Fsp3) is 0.750. The van der Waals surface area contributed by atoms with Gasteiger partial charge in [0.2, 0.25) is 0 Å². The molecule has 2 unspecified atom stereocenters. The summed E-state index contributed by atoms with van der Waals surface area (Å²) in [5.74, 6) is -0.0556. The quantitative estimate of drug-likeness (QED) is 0.443. The van der Waals surface area contributed by atoms with Crippen molar-refractivity contribution in [1.82, 2.24) is 5.43 Å². The number of halogens is 1. The number of rotatable bonds is 0. The zero-order valence-electron chi connectivity index (χ0n) is 4.06. The molecule has 2 atom stereocenters. The summed E-state index contributed by atoms with van der Waals surface area (Å²) in [6.45, 7) is 1.77. The first kappa shape index (κ1) is 4.56. The number of hydrazone groups is 1. The van der Waals surface area contributed by atoms with Gasteiger partial charge in [0.15, 0.2) is 6.30 Å². The molecule has 0 saturated heterocycles. The number of alkyl halides is 1. The van der Waals surface area contributed by atoms with Crippen molar-refractivity contribution >= 4 is 6.21 Å². The van der Waals surface area contributed by atoms with E-state index in [1.165, 1.54) is 0 Å². The topological polar surface area (TPSA) is 24.4 Å². The Hall–Kier alpha value is -0.600. The van der Waals surface area contributed by atoms with E-state index >= 15 is 0 Å². The van der Waals surface area contributed by atoms with Crippen molar-refractivity contribution in [2.45, 2.75) is 13.2 Å². The van der Waals surface area contributed by atoms with Gasteiger partial charge in [0.25, 0.3) is 0 Å². The van der Waals surface area contributed by atoms with Crippen LogP contribution in [0.5, 0.6) is 0 Å². The van der Waals surface area contributed by atoms with Crippen molar-refractivity contribution < 1.29 is 4.39 Å². The number of nitrogens with one attached hydrogen (secondary N) is 1. The minimum Gasteiger partial charge on any atom is -0.277 e. The van der Waals surface area contributed by atoms with E-state index in [0.717, 1.165) is 0 Å². The Morgan fingerprint density at radius 2 is 2.57 bits per heavy atom. The molecule has 3 heteroatoms. The van der Waals surface area contributed by atoms with Crippen molar-refractivity contribution in [3.63, 3.8) is 0 Å². The highest BCUT2D eigenvalue weighted by molar-refractivity contribution is 5.62. The molecule has 0 aliphatic carbocycles. The average molecular weight is 102 g/mol. The van der Waals surface area contributed by atoms with Crippen molar-refractivity contribution in [2.75, 3.05) is 0 Å². The van der Waals surface area contributed by atoms with E-state index < -0.39 is 6.30 Å². The Bertz CT molecular complexity index is 91.7. The lowest BCUT2D eigenvalue weighted by Crippen LogP contribution is -2.18. The van der Waals surface area contributed by atoms with Crippen molar-refractivity contribution in [1.29, 1.82) is 0 Å².